The summed E-state index contributed by atoms with van der Waals surface area (Å²) in [4.78, 5) is 5.21. The van der Waals surface area contributed by atoms with Crippen LogP contribution in [0.3, 0.4) is 0 Å². The molecule has 0 spiro atoms. The van der Waals surface area contributed by atoms with Crippen molar-refractivity contribution in [1.82, 2.24) is 4.90 Å². The number of hydrogen-bond donors (Lipinski definition) is 1. The molecule has 104 valence electrons. The first-order chi connectivity index (χ1) is 9.24. The normalized spacial score (nSPS) is 22.1. The molecule has 1 aliphatic carbocycles. The van der Waals surface area contributed by atoms with Crippen molar-refractivity contribution in [3.8, 4) is 0 Å². The van der Waals surface area contributed by atoms with E-state index in [2.05, 4.69) is 44.5 Å². The minimum atomic E-state index is 0.859. The fraction of sp³-hybridized carbons (Fsp3) is 0.600. The molecule has 2 fully saturated rings. The second-order valence-electron chi connectivity index (χ2n) is 5.67. The quantitative estimate of drug-likeness (QED) is 0.641. The van der Waals surface area contributed by atoms with Crippen molar-refractivity contribution >= 4 is 34.0 Å². The maximum absolute atomic E-state index is 5.83. The lowest BCUT2D eigenvalue weighted by Gasteiger charge is -2.39. The molecule has 1 saturated heterocycles. The molecular weight excluding hydrogens is 349 g/mol. The van der Waals surface area contributed by atoms with Crippen LogP contribution in [0, 0.1) is 3.57 Å². The lowest BCUT2D eigenvalue weighted by atomic mass is 10.1. The van der Waals surface area contributed by atoms with Gasteiger partial charge >= 0.3 is 0 Å². The Morgan fingerprint density at radius 3 is 2.37 bits per heavy atom. The fourth-order valence-electron chi connectivity index (χ4n) is 3.38. The third kappa shape index (κ3) is 2.99. The van der Waals surface area contributed by atoms with E-state index in [0.717, 1.165) is 24.8 Å². The van der Waals surface area contributed by atoms with E-state index in [1.807, 2.05) is 6.07 Å². The van der Waals surface area contributed by atoms with Crippen LogP contribution in [0.15, 0.2) is 18.2 Å². The van der Waals surface area contributed by atoms with Gasteiger partial charge in [0.25, 0.3) is 0 Å². The van der Waals surface area contributed by atoms with Crippen LogP contribution in [0.4, 0.5) is 11.4 Å². The molecule has 4 heteroatoms. The second-order valence-corrected chi connectivity index (χ2v) is 6.83. The zero-order chi connectivity index (χ0) is 13.2. The van der Waals surface area contributed by atoms with Crippen molar-refractivity contribution in [3.63, 3.8) is 0 Å². The Balaban J connectivity index is 1.63. The minimum Gasteiger partial charge on any atom is -0.399 e. The molecule has 3 nitrogen and oxygen atoms in total. The van der Waals surface area contributed by atoms with Gasteiger partial charge in [-0.3, -0.25) is 4.90 Å². The van der Waals surface area contributed by atoms with Gasteiger partial charge in [-0.25, -0.2) is 0 Å². The van der Waals surface area contributed by atoms with Crippen LogP contribution in [0.1, 0.15) is 25.7 Å². The van der Waals surface area contributed by atoms with Crippen molar-refractivity contribution in [2.45, 2.75) is 31.7 Å². The monoisotopic (exact) mass is 371 g/mol. The molecule has 2 aliphatic rings. The zero-order valence-electron chi connectivity index (χ0n) is 11.3. The summed E-state index contributed by atoms with van der Waals surface area (Å²) in [6.07, 6.45) is 5.69. The van der Waals surface area contributed by atoms with Crippen molar-refractivity contribution in [2.24, 2.45) is 0 Å². The highest BCUT2D eigenvalue weighted by Gasteiger charge is 2.26. The predicted molar refractivity (Wildman–Crippen MR) is 89.6 cm³/mol. The summed E-state index contributed by atoms with van der Waals surface area (Å²) in [5, 5.41) is 0. The summed E-state index contributed by atoms with van der Waals surface area (Å²) in [5.74, 6) is 0. The van der Waals surface area contributed by atoms with Gasteiger partial charge in [0.15, 0.2) is 0 Å². The third-order valence-corrected chi connectivity index (χ3v) is 5.33. The van der Waals surface area contributed by atoms with E-state index in [4.69, 9.17) is 5.73 Å². The summed E-state index contributed by atoms with van der Waals surface area (Å²) < 4.78 is 1.27. The van der Waals surface area contributed by atoms with Gasteiger partial charge in [-0.1, -0.05) is 12.8 Å². The molecule has 1 aromatic carbocycles. The van der Waals surface area contributed by atoms with Gasteiger partial charge in [-0.15, -0.1) is 0 Å². The van der Waals surface area contributed by atoms with Crippen LogP contribution in [0.5, 0.6) is 0 Å². The molecule has 1 aromatic rings. The molecule has 0 aromatic heterocycles. The lowest BCUT2D eigenvalue weighted by Crippen LogP contribution is -2.49. The molecule has 1 aliphatic heterocycles. The number of nitrogens with two attached hydrogens (primary N) is 1. The molecule has 0 radical (unpaired) electrons. The maximum Gasteiger partial charge on any atom is 0.0504 e. The highest BCUT2D eigenvalue weighted by Crippen LogP contribution is 2.28. The van der Waals surface area contributed by atoms with Crippen LogP contribution >= 0.6 is 22.6 Å². The number of rotatable bonds is 2. The molecule has 0 atom stereocenters. The summed E-state index contributed by atoms with van der Waals surface area (Å²) >= 11 is 2.40. The molecule has 0 unspecified atom stereocenters. The van der Waals surface area contributed by atoms with Crippen molar-refractivity contribution in [1.29, 1.82) is 0 Å². The highest BCUT2D eigenvalue weighted by molar-refractivity contribution is 14.1. The Hall–Kier alpha value is -0.490. The van der Waals surface area contributed by atoms with E-state index in [1.165, 1.54) is 48.0 Å². The molecule has 2 N–H and O–H groups in total. The smallest absolute Gasteiger partial charge is 0.0504 e. The van der Waals surface area contributed by atoms with Gasteiger partial charge < -0.3 is 10.6 Å². The van der Waals surface area contributed by atoms with E-state index in [9.17, 15) is 0 Å². The first-order valence-corrected chi connectivity index (χ1v) is 8.36. The predicted octanol–water partition coefficient (Wildman–Crippen LogP) is 2.94. The van der Waals surface area contributed by atoms with Crippen LogP contribution in [0.25, 0.3) is 0 Å². The zero-order valence-corrected chi connectivity index (χ0v) is 13.5. The van der Waals surface area contributed by atoms with E-state index in [-0.39, 0.29) is 0 Å². The summed E-state index contributed by atoms with van der Waals surface area (Å²) in [7, 11) is 0. The second kappa shape index (κ2) is 5.87. The average molecular weight is 371 g/mol. The molecule has 0 amide bonds. The van der Waals surface area contributed by atoms with Crippen LogP contribution in [-0.2, 0) is 0 Å². The Kier molecular flexibility index (Phi) is 4.17. The van der Waals surface area contributed by atoms with Gasteiger partial charge in [-0.2, -0.15) is 0 Å². The molecule has 1 saturated carbocycles. The average Bonchev–Trinajstić information content (AvgIpc) is 2.93. The number of anilines is 2. The van der Waals surface area contributed by atoms with Crippen LogP contribution < -0.4 is 10.6 Å². The number of piperazine rings is 1. The van der Waals surface area contributed by atoms with Gasteiger partial charge in [0.2, 0.25) is 0 Å². The third-order valence-electron chi connectivity index (χ3n) is 4.47. The van der Waals surface area contributed by atoms with Gasteiger partial charge in [0.05, 0.1) is 5.69 Å². The van der Waals surface area contributed by atoms with Gasteiger partial charge in [0, 0.05) is 41.5 Å². The van der Waals surface area contributed by atoms with Crippen LogP contribution in [0.2, 0.25) is 0 Å². The topological polar surface area (TPSA) is 32.5 Å². The number of benzene rings is 1. The number of hydrogen-bond acceptors (Lipinski definition) is 3. The molecule has 0 bridgehead atoms. The fourth-order valence-corrected chi connectivity index (χ4v) is 4.26. The summed E-state index contributed by atoms with van der Waals surface area (Å²) in [6, 6.07) is 7.12. The lowest BCUT2D eigenvalue weighted by molar-refractivity contribution is 0.187. The van der Waals surface area contributed by atoms with E-state index >= 15 is 0 Å². The van der Waals surface area contributed by atoms with Gasteiger partial charge in [0.1, 0.15) is 0 Å². The summed E-state index contributed by atoms with van der Waals surface area (Å²) in [5.41, 5.74) is 8.04. The SMILES string of the molecule is Nc1ccc(N2CCN(C3CCCC3)CC2)c(I)c1. The standard InChI is InChI=1S/C15H22IN3/c16-14-11-12(17)5-6-15(14)19-9-7-18(8-10-19)13-3-1-2-4-13/h5-6,11,13H,1-4,7-10,17H2. The largest absolute Gasteiger partial charge is 0.399 e. The van der Waals surface area contributed by atoms with Crippen LogP contribution in [-0.4, -0.2) is 37.1 Å². The van der Waals surface area contributed by atoms with Crippen molar-refractivity contribution in [2.75, 3.05) is 36.8 Å². The Morgan fingerprint density at radius 2 is 1.74 bits per heavy atom. The maximum atomic E-state index is 5.83. The van der Waals surface area contributed by atoms with E-state index < -0.39 is 0 Å². The summed E-state index contributed by atoms with van der Waals surface area (Å²) in [6.45, 7) is 4.73. The molecular formula is C15H22IN3. The number of nitrogens with zero attached hydrogens (tertiary/aromatic N) is 2. The number of nitrogen functional groups attached to an aromatic ring is 1. The molecule has 3 rings (SSSR count). The first kappa shape index (κ1) is 13.5. The molecule has 19 heavy (non-hydrogen) atoms. The van der Waals surface area contributed by atoms with E-state index in [1.54, 1.807) is 0 Å². The van der Waals surface area contributed by atoms with Crippen molar-refractivity contribution in [3.05, 3.63) is 21.8 Å². The Labute approximate surface area is 129 Å². The van der Waals surface area contributed by atoms with Crippen molar-refractivity contribution < 1.29 is 0 Å². The first-order valence-electron chi connectivity index (χ1n) is 7.28. The Bertz CT molecular complexity index is 435. The minimum absolute atomic E-state index is 0.859. The van der Waals surface area contributed by atoms with E-state index in [0.29, 0.717) is 0 Å². The van der Waals surface area contributed by atoms with Gasteiger partial charge in [-0.05, 0) is 53.6 Å². The molecule has 1 heterocycles. The highest BCUT2D eigenvalue weighted by atomic mass is 127. The number of halogens is 1. The Morgan fingerprint density at radius 1 is 1.05 bits per heavy atom.